The van der Waals surface area contributed by atoms with Crippen LogP contribution in [-0.2, 0) is 52.1 Å². The number of ether oxygens (including phenoxy) is 11. The lowest BCUT2D eigenvalue weighted by atomic mass is 10.2. The molecule has 0 aromatic heterocycles. The van der Waals surface area contributed by atoms with Gasteiger partial charge in [-0.15, -0.1) is 0 Å². The van der Waals surface area contributed by atoms with E-state index in [2.05, 4.69) is 10.2 Å². The molecule has 0 heterocycles. The molecule has 43 heavy (non-hydrogen) atoms. The van der Waals surface area contributed by atoms with E-state index >= 15 is 0 Å². The maximum Gasteiger partial charge on any atom is 0.407 e. The van der Waals surface area contributed by atoms with Crippen molar-refractivity contribution in [1.82, 2.24) is 10.2 Å². The van der Waals surface area contributed by atoms with E-state index in [9.17, 15) is 4.79 Å². The SMILES string of the molecule is CN(C)CCOCCOCCOCCOCCOCCOCCOCCOCCOCCOCCNC(=O)OC(C)(C)C. The second-order valence-corrected chi connectivity index (χ2v) is 10.4. The van der Waals surface area contributed by atoms with Gasteiger partial charge in [0.25, 0.3) is 0 Å². The molecular formula is C29H60N2O12. The van der Waals surface area contributed by atoms with Crippen LogP contribution < -0.4 is 5.32 Å². The van der Waals surface area contributed by atoms with E-state index in [0.29, 0.717) is 139 Å². The highest BCUT2D eigenvalue weighted by Crippen LogP contribution is 2.06. The summed E-state index contributed by atoms with van der Waals surface area (Å²) in [5.41, 5.74) is -0.509. The summed E-state index contributed by atoms with van der Waals surface area (Å²) < 4.78 is 59.6. The molecule has 0 fully saturated rings. The standard InChI is InChI=1S/C29H60N2O12/c1-29(2,3)43-28(32)30-6-8-33-10-12-35-14-16-37-18-20-39-22-24-41-26-27-42-25-23-40-21-19-38-17-15-36-13-11-34-9-7-31(4)5/h6-27H2,1-5H3,(H,30,32). The fourth-order valence-corrected chi connectivity index (χ4v) is 2.87. The van der Waals surface area contributed by atoms with Gasteiger partial charge >= 0.3 is 6.09 Å². The second-order valence-electron chi connectivity index (χ2n) is 10.4. The number of nitrogens with one attached hydrogen (secondary N) is 1. The molecule has 14 nitrogen and oxygen atoms in total. The number of rotatable bonds is 33. The van der Waals surface area contributed by atoms with Crippen LogP contribution in [0.4, 0.5) is 4.79 Å². The van der Waals surface area contributed by atoms with Gasteiger partial charge in [-0.05, 0) is 34.9 Å². The predicted octanol–water partition coefficient (Wildman–Crippen LogP) is 1.24. The molecule has 14 heteroatoms. The number of hydrogen-bond donors (Lipinski definition) is 1. The maximum absolute atomic E-state index is 11.5. The Kier molecular flexibility index (Phi) is 31.4. The Hall–Kier alpha value is -1.17. The third-order valence-electron chi connectivity index (χ3n) is 4.95. The Balaban J connectivity index is 3.10. The van der Waals surface area contributed by atoms with Gasteiger partial charge in [-0.1, -0.05) is 0 Å². The first-order valence-corrected chi connectivity index (χ1v) is 15.2. The molecule has 0 aliphatic carbocycles. The molecule has 0 unspecified atom stereocenters. The Bertz CT molecular complexity index is 582. The molecule has 0 saturated heterocycles. The van der Waals surface area contributed by atoms with Crippen LogP contribution >= 0.6 is 0 Å². The monoisotopic (exact) mass is 628 g/mol. The zero-order valence-corrected chi connectivity index (χ0v) is 27.4. The molecule has 0 radical (unpaired) electrons. The van der Waals surface area contributed by atoms with Crippen LogP contribution in [0, 0.1) is 0 Å². The van der Waals surface area contributed by atoms with E-state index in [0.717, 1.165) is 6.54 Å². The molecule has 0 atom stereocenters. The molecule has 1 amide bonds. The van der Waals surface area contributed by atoms with E-state index in [1.54, 1.807) is 0 Å². The zero-order valence-electron chi connectivity index (χ0n) is 27.4. The summed E-state index contributed by atoms with van der Waals surface area (Å²) in [5, 5.41) is 2.63. The number of hydrogen-bond acceptors (Lipinski definition) is 13. The summed E-state index contributed by atoms with van der Waals surface area (Å²) in [6, 6.07) is 0. The average molecular weight is 629 g/mol. The first kappa shape index (κ1) is 41.8. The molecule has 0 bridgehead atoms. The molecule has 0 rings (SSSR count). The first-order valence-electron chi connectivity index (χ1n) is 15.2. The average Bonchev–Trinajstić information content (AvgIpc) is 2.94. The molecule has 0 aromatic rings. The Morgan fingerprint density at radius 1 is 0.465 bits per heavy atom. The lowest BCUT2D eigenvalue weighted by Crippen LogP contribution is -2.34. The molecule has 0 aliphatic rings. The van der Waals surface area contributed by atoms with Crippen molar-refractivity contribution in [3.05, 3.63) is 0 Å². The summed E-state index contributed by atoms with van der Waals surface area (Å²) in [6.45, 7) is 17.1. The smallest absolute Gasteiger partial charge is 0.407 e. The summed E-state index contributed by atoms with van der Waals surface area (Å²) >= 11 is 0. The van der Waals surface area contributed by atoms with Gasteiger partial charge in [0.2, 0.25) is 0 Å². The largest absolute Gasteiger partial charge is 0.444 e. The van der Waals surface area contributed by atoms with E-state index in [1.807, 2.05) is 34.9 Å². The van der Waals surface area contributed by atoms with Crippen molar-refractivity contribution in [3.63, 3.8) is 0 Å². The number of carbonyl (C=O) groups excluding carboxylic acids is 1. The number of likely N-dealkylation sites (N-methyl/N-ethyl adjacent to an activating group) is 1. The van der Waals surface area contributed by atoms with Gasteiger partial charge in [0.05, 0.1) is 132 Å². The topological polar surface area (TPSA) is 134 Å². The van der Waals surface area contributed by atoms with Crippen molar-refractivity contribution in [2.75, 3.05) is 159 Å². The van der Waals surface area contributed by atoms with Gasteiger partial charge in [0, 0.05) is 13.1 Å². The van der Waals surface area contributed by atoms with Gasteiger partial charge < -0.3 is 62.3 Å². The van der Waals surface area contributed by atoms with Crippen LogP contribution in [0.1, 0.15) is 20.8 Å². The Morgan fingerprint density at radius 2 is 0.721 bits per heavy atom. The normalized spacial score (nSPS) is 11.9. The van der Waals surface area contributed by atoms with Crippen LogP contribution in [0.3, 0.4) is 0 Å². The van der Waals surface area contributed by atoms with Crippen LogP contribution in [0.25, 0.3) is 0 Å². The zero-order chi connectivity index (χ0) is 31.7. The Labute approximate surface area is 259 Å². The quantitative estimate of drug-likeness (QED) is 0.105. The minimum atomic E-state index is -0.509. The highest BCUT2D eigenvalue weighted by Gasteiger charge is 2.15. The number of alkyl carbamates (subject to hydrolysis) is 1. The fourth-order valence-electron chi connectivity index (χ4n) is 2.87. The van der Waals surface area contributed by atoms with Gasteiger partial charge in [-0.25, -0.2) is 4.79 Å². The van der Waals surface area contributed by atoms with Gasteiger partial charge in [-0.2, -0.15) is 0 Å². The third-order valence-corrected chi connectivity index (χ3v) is 4.95. The predicted molar refractivity (Wildman–Crippen MR) is 161 cm³/mol. The molecule has 0 spiro atoms. The molecule has 1 N–H and O–H groups in total. The van der Waals surface area contributed by atoms with Crippen LogP contribution in [-0.4, -0.2) is 176 Å². The third kappa shape index (κ3) is 38.8. The van der Waals surface area contributed by atoms with Crippen molar-refractivity contribution >= 4 is 6.09 Å². The van der Waals surface area contributed by atoms with Crippen LogP contribution in [0.2, 0.25) is 0 Å². The highest BCUT2D eigenvalue weighted by atomic mass is 16.6. The summed E-state index contributed by atoms with van der Waals surface area (Å²) in [4.78, 5) is 13.6. The lowest BCUT2D eigenvalue weighted by Gasteiger charge is -2.19. The summed E-state index contributed by atoms with van der Waals surface area (Å²) in [5.74, 6) is 0. The number of amides is 1. The van der Waals surface area contributed by atoms with Gasteiger partial charge in [0.1, 0.15) is 5.60 Å². The molecular weight excluding hydrogens is 568 g/mol. The Morgan fingerprint density at radius 3 is 0.977 bits per heavy atom. The molecule has 258 valence electrons. The van der Waals surface area contributed by atoms with Crippen molar-refractivity contribution in [2.24, 2.45) is 0 Å². The van der Waals surface area contributed by atoms with E-state index in [1.165, 1.54) is 0 Å². The second kappa shape index (κ2) is 32.2. The van der Waals surface area contributed by atoms with Crippen molar-refractivity contribution < 1.29 is 56.9 Å². The van der Waals surface area contributed by atoms with Crippen molar-refractivity contribution in [1.29, 1.82) is 0 Å². The minimum absolute atomic E-state index is 0.385. The van der Waals surface area contributed by atoms with Crippen LogP contribution in [0.15, 0.2) is 0 Å². The highest BCUT2D eigenvalue weighted by molar-refractivity contribution is 5.67. The lowest BCUT2D eigenvalue weighted by molar-refractivity contribution is -0.0265. The number of carbonyl (C=O) groups is 1. The molecule has 0 saturated carbocycles. The maximum atomic E-state index is 11.5. The summed E-state index contributed by atoms with van der Waals surface area (Å²) in [6.07, 6.45) is -0.450. The van der Waals surface area contributed by atoms with Crippen molar-refractivity contribution in [3.8, 4) is 0 Å². The first-order chi connectivity index (χ1) is 20.8. The van der Waals surface area contributed by atoms with Gasteiger partial charge in [0.15, 0.2) is 0 Å². The molecule has 0 aliphatic heterocycles. The molecule has 0 aromatic carbocycles. The van der Waals surface area contributed by atoms with E-state index < -0.39 is 11.7 Å². The minimum Gasteiger partial charge on any atom is -0.444 e. The summed E-state index contributed by atoms with van der Waals surface area (Å²) in [7, 11) is 4.04. The van der Waals surface area contributed by atoms with E-state index in [4.69, 9.17) is 52.1 Å². The van der Waals surface area contributed by atoms with Crippen LogP contribution in [0.5, 0.6) is 0 Å². The fraction of sp³-hybridized carbons (Fsp3) is 0.966. The van der Waals surface area contributed by atoms with E-state index in [-0.39, 0.29) is 0 Å². The van der Waals surface area contributed by atoms with Crippen molar-refractivity contribution in [2.45, 2.75) is 26.4 Å². The van der Waals surface area contributed by atoms with Gasteiger partial charge in [-0.3, -0.25) is 0 Å². The number of nitrogens with zero attached hydrogens (tertiary/aromatic N) is 1.